The molecule has 9 heteroatoms. The van der Waals surface area contributed by atoms with E-state index < -0.39 is 22.9 Å². The van der Waals surface area contributed by atoms with Crippen LogP contribution in [0.5, 0.6) is 5.75 Å². The molecule has 3 rings (SSSR count). The van der Waals surface area contributed by atoms with Crippen LogP contribution in [0.15, 0.2) is 77.7 Å². The lowest BCUT2D eigenvalue weighted by Crippen LogP contribution is -2.24. The molecule has 34 heavy (non-hydrogen) atoms. The second kappa shape index (κ2) is 11.1. The molecule has 3 aromatic carbocycles. The molecule has 0 spiro atoms. The van der Waals surface area contributed by atoms with Gasteiger partial charge in [0.25, 0.3) is 5.91 Å². The van der Waals surface area contributed by atoms with Crippen molar-refractivity contribution >= 4 is 35.0 Å². The molecule has 0 fully saturated rings. The van der Waals surface area contributed by atoms with Gasteiger partial charge in [-0.15, -0.1) is 11.8 Å². The van der Waals surface area contributed by atoms with Crippen molar-refractivity contribution in [3.8, 4) is 5.75 Å². The molecule has 0 bridgehead atoms. The van der Waals surface area contributed by atoms with E-state index in [9.17, 15) is 22.8 Å². The van der Waals surface area contributed by atoms with E-state index in [0.29, 0.717) is 23.4 Å². The van der Waals surface area contributed by atoms with Gasteiger partial charge in [0, 0.05) is 21.8 Å². The molecule has 2 N–H and O–H groups in total. The molecule has 1 atom stereocenters. The summed E-state index contributed by atoms with van der Waals surface area (Å²) in [7, 11) is 1.52. The highest BCUT2D eigenvalue weighted by atomic mass is 32.2. The number of carbonyl (C=O) groups is 2. The minimum absolute atomic E-state index is 0.0816. The maximum Gasteiger partial charge on any atom is 0.416 e. The lowest BCUT2D eigenvalue weighted by molar-refractivity contribution is -0.137. The van der Waals surface area contributed by atoms with Crippen molar-refractivity contribution in [1.82, 2.24) is 0 Å². The summed E-state index contributed by atoms with van der Waals surface area (Å²) in [4.78, 5) is 26.0. The predicted molar refractivity (Wildman–Crippen MR) is 127 cm³/mol. The van der Waals surface area contributed by atoms with Crippen LogP contribution in [-0.2, 0) is 11.0 Å². The summed E-state index contributed by atoms with van der Waals surface area (Å²) in [6, 6.07) is 18.3. The van der Waals surface area contributed by atoms with Gasteiger partial charge in [-0.3, -0.25) is 9.59 Å². The molecule has 0 radical (unpaired) electrons. The van der Waals surface area contributed by atoms with Crippen molar-refractivity contribution in [2.24, 2.45) is 0 Å². The number of nitrogens with one attached hydrogen (secondary N) is 2. The van der Waals surface area contributed by atoms with Crippen molar-refractivity contribution in [2.45, 2.75) is 29.7 Å². The van der Waals surface area contributed by atoms with Gasteiger partial charge in [0.2, 0.25) is 5.91 Å². The fraction of sp³-hybridized carbons (Fsp3) is 0.200. The van der Waals surface area contributed by atoms with E-state index in [1.165, 1.54) is 31.0 Å². The van der Waals surface area contributed by atoms with Crippen LogP contribution >= 0.6 is 11.8 Å². The monoisotopic (exact) mass is 488 g/mol. The summed E-state index contributed by atoms with van der Waals surface area (Å²) in [5.74, 6) is -0.150. The number of anilines is 2. The average molecular weight is 489 g/mol. The number of hydrogen-bond acceptors (Lipinski definition) is 4. The topological polar surface area (TPSA) is 67.4 Å². The van der Waals surface area contributed by atoms with Gasteiger partial charge < -0.3 is 15.4 Å². The highest BCUT2D eigenvalue weighted by molar-refractivity contribution is 8.00. The molecule has 0 aliphatic carbocycles. The largest absolute Gasteiger partial charge is 0.497 e. The van der Waals surface area contributed by atoms with Gasteiger partial charge in [0.15, 0.2) is 0 Å². The average Bonchev–Trinajstić information content (AvgIpc) is 2.82. The third-order valence-corrected chi connectivity index (χ3v) is 6.18. The molecule has 3 aromatic rings. The lowest BCUT2D eigenvalue weighted by atomic mass is 10.2. The Labute approximate surface area is 199 Å². The summed E-state index contributed by atoms with van der Waals surface area (Å²) in [6.07, 6.45) is -4.04. The first-order chi connectivity index (χ1) is 16.2. The number of carbonyl (C=O) groups excluding carboxylic acids is 2. The van der Waals surface area contributed by atoms with Crippen molar-refractivity contribution in [2.75, 3.05) is 17.7 Å². The van der Waals surface area contributed by atoms with Crippen LogP contribution in [0.4, 0.5) is 24.5 Å². The van der Waals surface area contributed by atoms with Crippen molar-refractivity contribution in [3.63, 3.8) is 0 Å². The molecule has 0 saturated heterocycles. The fourth-order valence-corrected chi connectivity index (χ4v) is 4.11. The quantitative estimate of drug-likeness (QED) is 0.357. The second-order valence-electron chi connectivity index (χ2n) is 7.30. The van der Waals surface area contributed by atoms with E-state index in [2.05, 4.69) is 10.6 Å². The first-order valence-electron chi connectivity index (χ1n) is 10.4. The second-order valence-corrected chi connectivity index (χ2v) is 8.57. The molecule has 178 valence electrons. The third-order valence-electron chi connectivity index (χ3n) is 4.82. The molecule has 1 unspecified atom stereocenters. The Hall–Kier alpha value is -3.46. The molecule has 5 nitrogen and oxygen atoms in total. The zero-order chi connectivity index (χ0) is 24.7. The summed E-state index contributed by atoms with van der Waals surface area (Å²) in [5.41, 5.74) is 0.235. The summed E-state index contributed by atoms with van der Waals surface area (Å²) in [6.45, 7) is 1.82. The van der Waals surface area contributed by atoms with Crippen LogP contribution in [0.2, 0.25) is 0 Å². The Bertz CT molecular complexity index is 1170. The Morgan fingerprint density at radius 3 is 2.29 bits per heavy atom. The number of thioether (sulfide) groups is 1. The minimum atomic E-state index is -4.49. The van der Waals surface area contributed by atoms with E-state index >= 15 is 0 Å². The highest BCUT2D eigenvalue weighted by Crippen LogP contribution is 2.32. The Kier molecular flexibility index (Phi) is 8.22. The van der Waals surface area contributed by atoms with E-state index in [1.807, 2.05) is 6.92 Å². The Balaban J connectivity index is 1.67. The van der Waals surface area contributed by atoms with E-state index in [1.54, 1.807) is 48.5 Å². The number of methoxy groups -OCH3 is 1. The van der Waals surface area contributed by atoms with Crippen molar-refractivity contribution < 1.29 is 27.5 Å². The molecule has 0 aliphatic rings. The van der Waals surface area contributed by atoms with Crippen molar-refractivity contribution in [3.05, 3.63) is 83.9 Å². The van der Waals surface area contributed by atoms with Crippen molar-refractivity contribution in [1.29, 1.82) is 0 Å². The summed E-state index contributed by atoms with van der Waals surface area (Å²) in [5, 5.41) is 4.84. The lowest BCUT2D eigenvalue weighted by Gasteiger charge is -2.16. The number of alkyl halides is 3. The first kappa shape index (κ1) is 25.2. The highest BCUT2D eigenvalue weighted by Gasteiger charge is 2.30. The van der Waals surface area contributed by atoms with Gasteiger partial charge in [0.1, 0.15) is 5.75 Å². The Morgan fingerprint density at radius 2 is 1.62 bits per heavy atom. The smallest absolute Gasteiger partial charge is 0.416 e. The summed E-state index contributed by atoms with van der Waals surface area (Å²) < 4.78 is 44.0. The normalized spacial score (nSPS) is 12.0. The van der Waals surface area contributed by atoms with Crippen LogP contribution < -0.4 is 15.4 Å². The van der Waals surface area contributed by atoms with E-state index in [-0.39, 0.29) is 11.6 Å². The maximum absolute atomic E-state index is 12.9. The zero-order valence-corrected chi connectivity index (χ0v) is 19.3. The standard InChI is InChI=1S/C25H23F3N2O3S/c1-3-22(24(32)30-18-9-5-8-17(14-18)25(26,27)28)34-21-12-6-10-19(15-21)29-23(31)16-7-4-11-20(13-16)33-2/h4-15,22H,3H2,1-2H3,(H,29,31)(H,30,32). The van der Waals surface area contributed by atoms with Crippen LogP contribution in [-0.4, -0.2) is 24.2 Å². The zero-order valence-electron chi connectivity index (χ0n) is 18.5. The predicted octanol–water partition coefficient (Wildman–Crippen LogP) is 6.48. The van der Waals surface area contributed by atoms with Gasteiger partial charge in [-0.25, -0.2) is 0 Å². The molecular weight excluding hydrogens is 465 g/mol. The molecule has 0 saturated carbocycles. The molecule has 0 aliphatic heterocycles. The molecule has 0 aromatic heterocycles. The maximum atomic E-state index is 12.9. The third kappa shape index (κ3) is 6.77. The van der Waals surface area contributed by atoms with Gasteiger partial charge in [-0.2, -0.15) is 13.2 Å². The number of rotatable bonds is 8. The number of amides is 2. The Morgan fingerprint density at radius 1 is 0.941 bits per heavy atom. The van der Waals surface area contributed by atoms with Gasteiger partial charge in [-0.05, 0) is 61.0 Å². The molecule has 0 heterocycles. The van der Waals surface area contributed by atoms with Gasteiger partial charge in [-0.1, -0.05) is 25.1 Å². The van der Waals surface area contributed by atoms with Crippen LogP contribution in [0.1, 0.15) is 29.3 Å². The van der Waals surface area contributed by atoms with Crippen LogP contribution in [0, 0.1) is 0 Å². The summed E-state index contributed by atoms with van der Waals surface area (Å²) >= 11 is 1.26. The SMILES string of the molecule is CCC(Sc1cccc(NC(=O)c2cccc(OC)c2)c1)C(=O)Nc1cccc(C(F)(F)F)c1. The fourth-order valence-electron chi connectivity index (χ4n) is 3.10. The number of benzene rings is 3. The van der Waals surface area contributed by atoms with Crippen LogP contribution in [0.3, 0.4) is 0 Å². The molecule has 2 amide bonds. The minimum Gasteiger partial charge on any atom is -0.497 e. The van der Waals surface area contributed by atoms with Gasteiger partial charge >= 0.3 is 6.18 Å². The van der Waals surface area contributed by atoms with E-state index in [4.69, 9.17) is 4.74 Å². The first-order valence-corrected chi connectivity index (χ1v) is 11.3. The van der Waals surface area contributed by atoms with Gasteiger partial charge in [0.05, 0.1) is 17.9 Å². The van der Waals surface area contributed by atoms with E-state index in [0.717, 1.165) is 17.0 Å². The number of hydrogen-bond donors (Lipinski definition) is 2. The number of ether oxygens (including phenoxy) is 1. The number of halogens is 3. The molecular formula is C25H23F3N2O3S. The van der Waals surface area contributed by atoms with Crippen LogP contribution in [0.25, 0.3) is 0 Å².